The van der Waals surface area contributed by atoms with E-state index in [4.69, 9.17) is 0 Å². The van der Waals surface area contributed by atoms with Crippen molar-refractivity contribution in [2.45, 2.75) is 32.7 Å². The number of carbonyl (C=O) groups excluding carboxylic acids is 1. The highest BCUT2D eigenvalue weighted by molar-refractivity contribution is 5.94. The fourth-order valence-electron chi connectivity index (χ4n) is 1.12. The molecule has 16 heavy (non-hydrogen) atoms. The average Bonchev–Trinajstić information content (AvgIpc) is 2.28. The molecule has 1 heterocycles. The van der Waals surface area contributed by atoms with E-state index in [9.17, 15) is 13.6 Å². The van der Waals surface area contributed by atoms with Crippen LogP contribution < -0.4 is 5.32 Å². The standard InChI is InChI=1S/C11H14F2N2O/c1-3-7(2)15-11(16)8-4-5-14-9(6-8)10(12)13/h4-7,10H,3H2,1-2H3,(H,15,16)/t7-/m1/s1. The van der Waals surface area contributed by atoms with Gasteiger partial charge in [-0.25, -0.2) is 8.78 Å². The number of halogens is 2. The molecule has 0 radical (unpaired) electrons. The van der Waals surface area contributed by atoms with E-state index in [2.05, 4.69) is 10.3 Å². The van der Waals surface area contributed by atoms with Gasteiger partial charge in [0.1, 0.15) is 5.69 Å². The minimum absolute atomic E-state index is 0.0238. The molecule has 1 rings (SSSR count). The lowest BCUT2D eigenvalue weighted by Gasteiger charge is -2.11. The molecular weight excluding hydrogens is 214 g/mol. The molecule has 1 amide bonds. The number of aromatic nitrogens is 1. The molecule has 0 saturated heterocycles. The number of nitrogens with one attached hydrogen (secondary N) is 1. The Morgan fingerprint density at radius 1 is 1.56 bits per heavy atom. The van der Waals surface area contributed by atoms with Gasteiger partial charge in [-0.1, -0.05) is 6.92 Å². The largest absolute Gasteiger partial charge is 0.350 e. The van der Waals surface area contributed by atoms with Gasteiger partial charge >= 0.3 is 0 Å². The minimum atomic E-state index is -2.66. The van der Waals surface area contributed by atoms with Gasteiger partial charge in [-0.15, -0.1) is 0 Å². The Hall–Kier alpha value is -1.52. The van der Waals surface area contributed by atoms with Crippen molar-refractivity contribution < 1.29 is 13.6 Å². The average molecular weight is 228 g/mol. The second-order valence-corrected chi connectivity index (χ2v) is 3.55. The van der Waals surface area contributed by atoms with Crippen molar-refractivity contribution in [1.82, 2.24) is 10.3 Å². The quantitative estimate of drug-likeness (QED) is 0.860. The third-order valence-electron chi connectivity index (χ3n) is 2.26. The molecule has 1 N–H and O–H groups in total. The molecule has 1 aromatic heterocycles. The Morgan fingerprint density at radius 3 is 2.81 bits per heavy atom. The van der Waals surface area contributed by atoms with Crippen molar-refractivity contribution in [2.24, 2.45) is 0 Å². The summed E-state index contributed by atoms with van der Waals surface area (Å²) >= 11 is 0. The first-order valence-corrected chi connectivity index (χ1v) is 5.09. The van der Waals surface area contributed by atoms with Crippen molar-refractivity contribution in [3.63, 3.8) is 0 Å². The Bertz CT molecular complexity index is 369. The first-order chi connectivity index (χ1) is 7.54. The number of alkyl halides is 2. The van der Waals surface area contributed by atoms with Crippen molar-refractivity contribution in [3.05, 3.63) is 29.6 Å². The smallest absolute Gasteiger partial charge is 0.280 e. The lowest BCUT2D eigenvalue weighted by atomic mass is 10.2. The summed E-state index contributed by atoms with van der Waals surface area (Å²) in [6.07, 6.45) is -0.651. The zero-order chi connectivity index (χ0) is 12.1. The van der Waals surface area contributed by atoms with E-state index < -0.39 is 6.43 Å². The summed E-state index contributed by atoms with van der Waals surface area (Å²) < 4.78 is 24.7. The van der Waals surface area contributed by atoms with Crippen molar-refractivity contribution >= 4 is 5.91 Å². The molecule has 0 fully saturated rings. The van der Waals surface area contributed by atoms with E-state index >= 15 is 0 Å². The number of hydrogen-bond acceptors (Lipinski definition) is 2. The number of rotatable bonds is 4. The van der Waals surface area contributed by atoms with Crippen LogP contribution in [0.3, 0.4) is 0 Å². The summed E-state index contributed by atoms with van der Waals surface area (Å²) in [5.74, 6) is -0.348. The van der Waals surface area contributed by atoms with Gasteiger partial charge in [0.15, 0.2) is 0 Å². The van der Waals surface area contributed by atoms with E-state index in [1.165, 1.54) is 12.3 Å². The third-order valence-corrected chi connectivity index (χ3v) is 2.26. The summed E-state index contributed by atoms with van der Waals surface area (Å²) in [6.45, 7) is 3.79. The van der Waals surface area contributed by atoms with E-state index in [1.54, 1.807) is 0 Å². The van der Waals surface area contributed by atoms with Gasteiger partial charge in [-0.05, 0) is 25.5 Å². The lowest BCUT2D eigenvalue weighted by Crippen LogP contribution is -2.32. The minimum Gasteiger partial charge on any atom is -0.350 e. The SMILES string of the molecule is CC[C@@H](C)NC(=O)c1ccnc(C(F)F)c1. The summed E-state index contributed by atoms with van der Waals surface area (Å²) in [7, 11) is 0. The molecule has 0 unspecified atom stereocenters. The fraction of sp³-hybridized carbons (Fsp3) is 0.455. The molecular formula is C11H14F2N2O. The molecule has 0 saturated carbocycles. The Kier molecular flexibility index (Phi) is 4.34. The van der Waals surface area contributed by atoms with Crippen molar-refractivity contribution in [3.8, 4) is 0 Å². The van der Waals surface area contributed by atoms with Crippen molar-refractivity contribution in [1.29, 1.82) is 0 Å². The fourth-order valence-corrected chi connectivity index (χ4v) is 1.12. The molecule has 0 spiro atoms. The number of pyridine rings is 1. The van der Waals surface area contributed by atoms with Gasteiger partial charge in [-0.2, -0.15) is 0 Å². The van der Waals surface area contributed by atoms with E-state index in [0.29, 0.717) is 0 Å². The summed E-state index contributed by atoms with van der Waals surface area (Å²) in [4.78, 5) is 15.1. The number of carbonyl (C=O) groups is 1. The van der Waals surface area contributed by atoms with Gasteiger partial charge in [0, 0.05) is 17.8 Å². The molecule has 0 bridgehead atoms. The van der Waals surface area contributed by atoms with E-state index in [0.717, 1.165) is 12.5 Å². The van der Waals surface area contributed by atoms with Crippen LogP contribution in [0.1, 0.15) is 42.7 Å². The van der Waals surface area contributed by atoms with Gasteiger partial charge in [0.2, 0.25) is 0 Å². The first kappa shape index (κ1) is 12.5. The highest BCUT2D eigenvalue weighted by atomic mass is 19.3. The van der Waals surface area contributed by atoms with Crippen LogP contribution in [0, 0.1) is 0 Å². The van der Waals surface area contributed by atoms with Crippen LogP contribution in [0.15, 0.2) is 18.3 Å². The molecule has 0 aromatic carbocycles. The zero-order valence-electron chi connectivity index (χ0n) is 9.21. The summed E-state index contributed by atoms with van der Waals surface area (Å²) in [5.41, 5.74) is -0.164. The molecule has 1 atom stereocenters. The van der Waals surface area contributed by atoms with Crippen molar-refractivity contribution in [2.75, 3.05) is 0 Å². The molecule has 5 heteroatoms. The Labute approximate surface area is 92.9 Å². The molecule has 0 aliphatic heterocycles. The molecule has 0 aliphatic rings. The molecule has 3 nitrogen and oxygen atoms in total. The maximum absolute atomic E-state index is 12.3. The topological polar surface area (TPSA) is 42.0 Å². The third kappa shape index (κ3) is 3.25. The van der Waals surface area contributed by atoms with Crippen LogP contribution in [0.2, 0.25) is 0 Å². The van der Waals surface area contributed by atoms with Crippen LogP contribution in [0.25, 0.3) is 0 Å². The van der Waals surface area contributed by atoms with E-state index in [-0.39, 0.29) is 23.2 Å². The second-order valence-electron chi connectivity index (χ2n) is 3.55. The van der Waals surface area contributed by atoms with Gasteiger partial charge in [0.05, 0.1) is 0 Å². The second kappa shape index (κ2) is 5.53. The van der Waals surface area contributed by atoms with Crippen LogP contribution >= 0.6 is 0 Å². The predicted molar refractivity (Wildman–Crippen MR) is 56.4 cm³/mol. The van der Waals surface area contributed by atoms with Gasteiger partial charge < -0.3 is 5.32 Å². The first-order valence-electron chi connectivity index (χ1n) is 5.09. The van der Waals surface area contributed by atoms with Crippen LogP contribution in [-0.4, -0.2) is 16.9 Å². The van der Waals surface area contributed by atoms with Crippen LogP contribution in [0.5, 0.6) is 0 Å². The summed E-state index contributed by atoms with van der Waals surface area (Å²) in [6, 6.07) is 2.56. The highest BCUT2D eigenvalue weighted by Gasteiger charge is 2.13. The molecule has 88 valence electrons. The highest BCUT2D eigenvalue weighted by Crippen LogP contribution is 2.16. The maximum atomic E-state index is 12.3. The van der Waals surface area contributed by atoms with Gasteiger partial charge in [-0.3, -0.25) is 9.78 Å². The predicted octanol–water partition coefficient (Wildman–Crippen LogP) is 2.55. The van der Waals surface area contributed by atoms with Gasteiger partial charge in [0.25, 0.3) is 12.3 Å². The zero-order valence-corrected chi connectivity index (χ0v) is 9.21. The maximum Gasteiger partial charge on any atom is 0.280 e. The van der Waals surface area contributed by atoms with E-state index in [1.807, 2.05) is 13.8 Å². The monoisotopic (exact) mass is 228 g/mol. The lowest BCUT2D eigenvalue weighted by molar-refractivity contribution is 0.0938. The Morgan fingerprint density at radius 2 is 2.25 bits per heavy atom. The number of hydrogen-bond donors (Lipinski definition) is 1. The molecule has 1 aromatic rings. The van der Waals surface area contributed by atoms with Crippen LogP contribution in [0.4, 0.5) is 8.78 Å². The normalized spacial score (nSPS) is 12.6. The molecule has 0 aliphatic carbocycles. The Balaban J connectivity index is 2.79. The summed E-state index contributed by atoms with van der Waals surface area (Å²) in [5, 5.41) is 2.70. The number of nitrogens with zero attached hydrogens (tertiary/aromatic N) is 1. The van der Waals surface area contributed by atoms with Crippen LogP contribution in [-0.2, 0) is 0 Å². The number of amides is 1.